The van der Waals surface area contributed by atoms with Gasteiger partial charge in [0.15, 0.2) is 0 Å². The molecule has 0 radical (unpaired) electrons. The minimum Gasteiger partial charge on any atom is -0.464 e. The lowest BCUT2D eigenvalue weighted by Gasteiger charge is -2.44. The van der Waals surface area contributed by atoms with Crippen LogP contribution in [0.25, 0.3) is 0 Å². The third-order valence-corrected chi connectivity index (χ3v) is 3.33. The fourth-order valence-electron chi connectivity index (χ4n) is 2.53. The van der Waals surface area contributed by atoms with Gasteiger partial charge in [0.1, 0.15) is 6.07 Å². The van der Waals surface area contributed by atoms with Crippen LogP contribution in [0.1, 0.15) is 33.1 Å². The van der Waals surface area contributed by atoms with Crippen molar-refractivity contribution < 1.29 is 19.2 Å². The average Bonchev–Trinajstić information content (AvgIpc) is 2.38. The normalized spacial score (nSPS) is 30.7. The van der Waals surface area contributed by atoms with E-state index in [1.807, 2.05) is 19.1 Å². The van der Waals surface area contributed by atoms with Gasteiger partial charge in [-0.2, -0.15) is 5.26 Å². The first kappa shape index (κ1) is 13.6. The van der Waals surface area contributed by atoms with Gasteiger partial charge >= 0.3 is 11.9 Å². The lowest BCUT2D eigenvalue weighted by atomic mass is 9.85. The van der Waals surface area contributed by atoms with E-state index >= 15 is 0 Å². The van der Waals surface area contributed by atoms with Crippen LogP contribution in [0.15, 0.2) is 11.6 Å². The lowest BCUT2D eigenvalue weighted by molar-refractivity contribution is -0.242. The van der Waals surface area contributed by atoms with Crippen LogP contribution in [0.4, 0.5) is 0 Å². The number of hydrogen-bond donors (Lipinski definition) is 0. The number of esters is 1. The maximum Gasteiger partial charge on any atom is 0.345 e. The van der Waals surface area contributed by atoms with Crippen molar-refractivity contribution in [3.63, 3.8) is 0 Å². The number of fused-ring (bicyclic) bond motifs is 1. The van der Waals surface area contributed by atoms with Crippen molar-refractivity contribution in [3.05, 3.63) is 11.6 Å². The Morgan fingerprint density at radius 3 is 3.11 bits per heavy atom. The van der Waals surface area contributed by atoms with Crippen LogP contribution in [0.2, 0.25) is 0 Å². The first-order chi connectivity index (χ1) is 9.03. The summed E-state index contributed by atoms with van der Waals surface area (Å²) in [5.41, 5.74) is -0.635. The fourth-order valence-corrected chi connectivity index (χ4v) is 2.53. The predicted octanol–water partition coefficient (Wildman–Crippen LogP) is 1.08. The molecular formula is C13H16N2O4. The second kappa shape index (κ2) is 5.02. The number of hydrogen-bond acceptors (Lipinski definition) is 6. The summed E-state index contributed by atoms with van der Waals surface area (Å²) < 4.78 is 4.99. The van der Waals surface area contributed by atoms with E-state index < -0.39 is 17.5 Å². The largest absolute Gasteiger partial charge is 0.464 e. The highest BCUT2D eigenvalue weighted by Gasteiger charge is 2.54. The van der Waals surface area contributed by atoms with E-state index in [0.29, 0.717) is 6.42 Å². The molecule has 0 unspecified atom stereocenters. The number of carbonyl (C=O) groups is 2. The van der Waals surface area contributed by atoms with Gasteiger partial charge in [0.05, 0.1) is 12.6 Å². The molecule has 2 atom stereocenters. The van der Waals surface area contributed by atoms with E-state index in [9.17, 15) is 14.9 Å². The smallest absolute Gasteiger partial charge is 0.345 e. The predicted molar refractivity (Wildman–Crippen MR) is 64.3 cm³/mol. The van der Waals surface area contributed by atoms with Gasteiger partial charge < -0.3 is 9.57 Å². The maximum absolute atomic E-state index is 12.2. The summed E-state index contributed by atoms with van der Waals surface area (Å²) in [6.45, 7) is 3.71. The lowest BCUT2D eigenvalue weighted by Crippen LogP contribution is -2.62. The molecule has 1 fully saturated rings. The van der Waals surface area contributed by atoms with Crippen molar-refractivity contribution in [2.75, 3.05) is 6.61 Å². The quantitative estimate of drug-likeness (QED) is 0.548. The third kappa shape index (κ3) is 2.22. The number of rotatable bonds is 2. The van der Waals surface area contributed by atoms with Crippen LogP contribution in [0.5, 0.6) is 0 Å². The third-order valence-electron chi connectivity index (χ3n) is 3.33. The Bertz CT molecular complexity index is 480. The molecule has 0 aliphatic carbocycles. The van der Waals surface area contributed by atoms with Crippen LogP contribution >= 0.6 is 0 Å². The highest BCUT2D eigenvalue weighted by molar-refractivity contribution is 5.86. The van der Waals surface area contributed by atoms with Gasteiger partial charge in [-0.25, -0.2) is 4.79 Å². The molecule has 0 aromatic carbocycles. The number of nitrogens with zero attached hydrogens (tertiary/aromatic N) is 2. The summed E-state index contributed by atoms with van der Waals surface area (Å²) in [5.74, 6) is -1.09. The summed E-state index contributed by atoms with van der Waals surface area (Å²) in [6.07, 6.45) is 2.95. The summed E-state index contributed by atoms with van der Waals surface area (Å²) in [6, 6.07) is 1.75. The van der Waals surface area contributed by atoms with Crippen molar-refractivity contribution in [2.24, 2.45) is 0 Å². The standard InChI is InChI=1S/C13H16N2O4/c1-3-18-12(17)13(8-14)7-9(2)6-10-4-5-11(16)19-15(10)13/h6,10H,3-5,7H2,1-2H3/t10-,13-/m1/s1. The molecule has 2 aliphatic rings. The van der Waals surface area contributed by atoms with E-state index in [-0.39, 0.29) is 25.5 Å². The Morgan fingerprint density at radius 1 is 1.74 bits per heavy atom. The minimum absolute atomic E-state index is 0.178. The Balaban J connectivity index is 2.41. The van der Waals surface area contributed by atoms with Gasteiger partial charge in [-0.15, -0.1) is 5.06 Å². The first-order valence-electron chi connectivity index (χ1n) is 6.29. The van der Waals surface area contributed by atoms with Crippen molar-refractivity contribution in [1.82, 2.24) is 5.06 Å². The summed E-state index contributed by atoms with van der Waals surface area (Å²) >= 11 is 0. The first-order valence-corrected chi connectivity index (χ1v) is 6.29. The van der Waals surface area contributed by atoms with Gasteiger partial charge in [0.2, 0.25) is 5.54 Å². The van der Waals surface area contributed by atoms with Crippen LogP contribution in [-0.2, 0) is 19.2 Å². The second-order valence-corrected chi connectivity index (χ2v) is 4.78. The Hall–Kier alpha value is -1.87. The molecule has 2 heterocycles. The molecule has 2 rings (SSSR count). The van der Waals surface area contributed by atoms with Crippen LogP contribution < -0.4 is 0 Å². The van der Waals surface area contributed by atoms with E-state index in [0.717, 1.165) is 5.57 Å². The fraction of sp³-hybridized carbons (Fsp3) is 0.615. The number of ether oxygens (including phenoxy) is 1. The van der Waals surface area contributed by atoms with Gasteiger partial charge in [-0.05, 0) is 20.3 Å². The Morgan fingerprint density at radius 2 is 2.47 bits per heavy atom. The summed E-state index contributed by atoms with van der Waals surface area (Å²) in [5, 5.41) is 10.7. The average molecular weight is 264 g/mol. The van der Waals surface area contributed by atoms with Crippen molar-refractivity contribution in [3.8, 4) is 6.07 Å². The highest BCUT2D eigenvalue weighted by atomic mass is 16.7. The van der Waals surface area contributed by atoms with E-state index in [4.69, 9.17) is 9.57 Å². The molecule has 6 heteroatoms. The summed E-state index contributed by atoms with van der Waals surface area (Å²) in [7, 11) is 0. The molecule has 2 aliphatic heterocycles. The van der Waals surface area contributed by atoms with Crippen LogP contribution in [0, 0.1) is 11.3 Å². The SMILES string of the molecule is CCOC(=O)[C@]1(C#N)CC(C)=C[C@H]2CCC(=O)ON21. The van der Waals surface area contributed by atoms with Crippen molar-refractivity contribution >= 4 is 11.9 Å². The van der Waals surface area contributed by atoms with Crippen LogP contribution in [-0.4, -0.2) is 35.2 Å². The van der Waals surface area contributed by atoms with Crippen molar-refractivity contribution in [1.29, 1.82) is 5.26 Å². The van der Waals surface area contributed by atoms with Crippen LogP contribution in [0.3, 0.4) is 0 Å². The number of carbonyl (C=O) groups excluding carboxylic acids is 2. The molecule has 0 bridgehead atoms. The minimum atomic E-state index is -1.56. The maximum atomic E-state index is 12.2. The topological polar surface area (TPSA) is 79.6 Å². The van der Waals surface area contributed by atoms with Crippen molar-refractivity contribution in [2.45, 2.75) is 44.7 Å². The highest BCUT2D eigenvalue weighted by Crippen LogP contribution is 2.36. The molecule has 102 valence electrons. The molecule has 1 saturated heterocycles. The molecule has 6 nitrogen and oxygen atoms in total. The van der Waals surface area contributed by atoms with Gasteiger partial charge in [0.25, 0.3) is 0 Å². The van der Waals surface area contributed by atoms with Gasteiger partial charge in [0, 0.05) is 12.8 Å². The van der Waals surface area contributed by atoms with E-state index in [2.05, 4.69) is 0 Å². The monoisotopic (exact) mass is 264 g/mol. The van der Waals surface area contributed by atoms with Gasteiger partial charge in [-0.1, -0.05) is 11.6 Å². The number of nitriles is 1. The molecule has 19 heavy (non-hydrogen) atoms. The van der Waals surface area contributed by atoms with E-state index in [1.165, 1.54) is 5.06 Å². The molecule has 0 saturated carbocycles. The van der Waals surface area contributed by atoms with E-state index in [1.54, 1.807) is 6.92 Å². The number of hydroxylamine groups is 2. The molecule has 0 N–H and O–H groups in total. The molecular weight excluding hydrogens is 248 g/mol. The zero-order valence-corrected chi connectivity index (χ0v) is 11.0. The molecule has 0 aromatic heterocycles. The second-order valence-electron chi connectivity index (χ2n) is 4.78. The molecule has 0 amide bonds. The summed E-state index contributed by atoms with van der Waals surface area (Å²) in [4.78, 5) is 28.7. The molecule has 0 aromatic rings. The van der Waals surface area contributed by atoms with Gasteiger partial charge in [-0.3, -0.25) is 4.79 Å². The zero-order chi connectivity index (χ0) is 14.0. The molecule has 0 spiro atoms. The Kier molecular flexibility index (Phi) is 3.58. The zero-order valence-electron chi connectivity index (χ0n) is 11.0. The Labute approximate surface area is 111 Å².